The minimum Gasteiger partial charge on any atom is -0.123 e. The van der Waals surface area contributed by atoms with Gasteiger partial charge >= 0.3 is 0 Å². The molecule has 0 N–H and O–H groups in total. The van der Waals surface area contributed by atoms with Gasteiger partial charge in [0.15, 0.2) is 0 Å². The Morgan fingerprint density at radius 1 is 1.36 bits per heavy atom. The van der Waals surface area contributed by atoms with Crippen molar-refractivity contribution < 1.29 is 0 Å². The zero-order chi connectivity index (χ0) is 8.91. The van der Waals surface area contributed by atoms with E-state index in [1.165, 1.54) is 0 Å². The fourth-order valence-corrected chi connectivity index (χ4v) is 1.06. The van der Waals surface area contributed by atoms with E-state index in [9.17, 15) is 0 Å². The van der Waals surface area contributed by atoms with Crippen molar-refractivity contribution in [2.45, 2.75) is 56.7 Å². The molecule has 68 valence electrons. The first-order valence-electron chi connectivity index (χ1n) is 4.35. The molecule has 0 rings (SSSR count). The number of halogens is 2. The summed E-state index contributed by atoms with van der Waals surface area (Å²) in [7, 11) is 0. The van der Waals surface area contributed by atoms with Gasteiger partial charge in [0.1, 0.15) is 0 Å². The predicted octanol–water partition coefficient (Wildman–Crippen LogP) is 4.19. The van der Waals surface area contributed by atoms with Crippen molar-refractivity contribution in [1.82, 2.24) is 0 Å². The summed E-state index contributed by atoms with van der Waals surface area (Å²) >= 11 is 12.1. The fraction of sp³-hybridized carbons (Fsp3) is 1.00. The number of alkyl halides is 2. The highest BCUT2D eigenvalue weighted by atomic mass is 35.5. The molecule has 0 aromatic carbocycles. The van der Waals surface area contributed by atoms with Crippen LogP contribution in [0.1, 0.15) is 46.5 Å². The Hall–Kier alpha value is 0.580. The molecule has 0 aromatic rings. The van der Waals surface area contributed by atoms with E-state index in [1.54, 1.807) is 0 Å². The standard InChI is InChI=1S/C9H18Cl2/c1-4-8(10)6-7-9(3,11)5-2/h8H,4-7H2,1-3H3. The molecule has 0 bridgehead atoms. The molecule has 0 radical (unpaired) electrons. The zero-order valence-corrected chi connectivity index (χ0v) is 9.17. The van der Waals surface area contributed by atoms with E-state index in [-0.39, 0.29) is 4.87 Å². The summed E-state index contributed by atoms with van der Waals surface area (Å²) in [4.78, 5) is -0.0394. The number of hydrogen-bond donors (Lipinski definition) is 0. The molecule has 0 aliphatic carbocycles. The SMILES string of the molecule is CCC(Cl)CCC(C)(Cl)CC. The molecule has 0 aliphatic heterocycles. The maximum Gasteiger partial charge on any atom is 0.0416 e. The second-order valence-corrected chi connectivity index (χ2v) is 4.84. The van der Waals surface area contributed by atoms with Crippen LogP contribution in [0.3, 0.4) is 0 Å². The lowest BCUT2D eigenvalue weighted by atomic mass is 10.00. The van der Waals surface area contributed by atoms with Crippen molar-refractivity contribution in [2.75, 3.05) is 0 Å². The highest BCUT2D eigenvalue weighted by Gasteiger charge is 2.18. The molecule has 0 aromatic heterocycles. The van der Waals surface area contributed by atoms with Crippen LogP contribution in [0.5, 0.6) is 0 Å². The van der Waals surface area contributed by atoms with Gasteiger partial charge in [0.05, 0.1) is 0 Å². The molecular weight excluding hydrogens is 179 g/mol. The van der Waals surface area contributed by atoms with E-state index in [0.717, 1.165) is 25.7 Å². The molecule has 2 atom stereocenters. The number of rotatable bonds is 5. The van der Waals surface area contributed by atoms with Crippen LogP contribution in [-0.4, -0.2) is 10.3 Å². The maximum absolute atomic E-state index is 6.16. The van der Waals surface area contributed by atoms with Crippen LogP contribution in [0.2, 0.25) is 0 Å². The van der Waals surface area contributed by atoms with Crippen LogP contribution in [0.25, 0.3) is 0 Å². The van der Waals surface area contributed by atoms with Gasteiger partial charge in [-0.1, -0.05) is 13.8 Å². The van der Waals surface area contributed by atoms with Crippen molar-refractivity contribution in [1.29, 1.82) is 0 Å². The Kier molecular flexibility index (Phi) is 5.54. The molecule has 0 spiro atoms. The van der Waals surface area contributed by atoms with Gasteiger partial charge in [0.2, 0.25) is 0 Å². The van der Waals surface area contributed by atoms with Gasteiger partial charge in [0.25, 0.3) is 0 Å². The van der Waals surface area contributed by atoms with Gasteiger partial charge in [-0.05, 0) is 32.6 Å². The predicted molar refractivity (Wildman–Crippen MR) is 53.7 cm³/mol. The van der Waals surface area contributed by atoms with E-state index in [1.807, 2.05) is 0 Å². The lowest BCUT2D eigenvalue weighted by molar-refractivity contribution is 0.519. The summed E-state index contributed by atoms with van der Waals surface area (Å²) in [6, 6.07) is 0. The van der Waals surface area contributed by atoms with Crippen LogP contribution in [0.4, 0.5) is 0 Å². The quantitative estimate of drug-likeness (QED) is 0.579. The van der Waals surface area contributed by atoms with Crippen molar-refractivity contribution in [2.24, 2.45) is 0 Å². The molecule has 0 aliphatic rings. The maximum atomic E-state index is 6.16. The Bertz CT molecular complexity index is 99.7. The largest absolute Gasteiger partial charge is 0.123 e. The van der Waals surface area contributed by atoms with E-state index in [0.29, 0.717) is 5.38 Å². The summed E-state index contributed by atoms with van der Waals surface area (Å²) in [5.74, 6) is 0. The fourth-order valence-electron chi connectivity index (χ4n) is 0.838. The first-order chi connectivity index (χ1) is 5.02. The highest BCUT2D eigenvalue weighted by Crippen LogP contribution is 2.26. The average molecular weight is 197 g/mol. The van der Waals surface area contributed by atoms with Crippen molar-refractivity contribution in [3.05, 3.63) is 0 Å². The van der Waals surface area contributed by atoms with Gasteiger partial charge in [-0.3, -0.25) is 0 Å². The summed E-state index contributed by atoms with van der Waals surface area (Å²) in [5, 5.41) is 0.305. The van der Waals surface area contributed by atoms with Crippen molar-refractivity contribution in [3.8, 4) is 0 Å². The van der Waals surface area contributed by atoms with E-state index in [2.05, 4.69) is 20.8 Å². The molecule has 0 amide bonds. The second kappa shape index (κ2) is 5.27. The van der Waals surface area contributed by atoms with E-state index < -0.39 is 0 Å². The van der Waals surface area contributed by atoms with Gasteiger partial charge < -0.3 is 0 Å². The Morgan fingerprint density at radius 2 is 1.91 bits per heavy atom. The summed E-state index contributed by atoms with van der Waals surface area (Å²) in [6.07, 6.45) is 4.11. The van der Waals surface area contributed by atoms with Gasteiger partial charge in [-0.15, -0.1) is 23.2 Å². The Labute approximate surface area is 80.3 Å². The van der Waals surface area contributed by atoms with E-state index >= 15 is 0 Å². The Morgan fingerprint density at radius 3 is 2.27 bits per heavy atom. The summed E-state index contributed by atoms with van der Waals surface area (Å²) in [5.41, 5.74) is 0. The van der Waals surface area contributed by atoms with Crippen molar-refractivity contribution >= 4 is 23.2 Å². The van der Waals surface area contributed by atoms with Crippen LogP contribution >= 0.6 is 23.2 Å². The van der Waals surface area contributed by atoms with Gasteiger partial charge in [-0.25, -0.2) is 0 Å². The Balaban J connectivity index is 3.52. The third-order valence-corrected chi connectivity index (χ3v) is 3.14. The molecule has 11 heavy (non-hydrogen) atoms. The molecule has 0 heterocycles. The zero-order valence-electron chi connectivity index (χ0n) is 7.66. The third-order valence-electron chi connectivity index (χ3n) is 2.16. The molecule has 0 fully saturated rings. The first kappa shape index (κ1) is 11.6. The average Bonchev–Trinajstić information content (AvgIpc) is 2.00. The van der Waals surface area contributed by atoms with Gasteiger partial charge in [-0.2, -0.15) is 0 Å². The van der Waals surface area contributed by atoms with Crippen LogP contribution in [0, 0.1) is 0 Å². The molecule has 2 heteroatoms. The number of hydrogen-bond acceptors (Lipinski definition) is 0. The normalized spacial score (nSPS) is 19.4. The lowest BCUT2D eigenvalue weighted by Gasteiger charge is -2.20. The summed E-state index contributed by atoms with van der Waals surface area (Å²) < 4.78 is 0. The molecule has 2 unspecified atom stereocenters. The van der Waals surface area contributed by atoms with Crippen molar-refractivity contribution in [3.63, 3.8) is 0 Å². The minimum atomic E-state index is -0.0394. The van der Waals surface area contributed by atoms with Gasteiger partial charge in [0, 0.05) is 10.3 Å². The molecule has 0 saturated heterocycles. The van der Waals surface area contributed by atoms with E-state index in [4.69, 9.17) is 23.2 Å². The third kappa shape index (κ3) is 5.81. The molecular formula is C9H18Cl2. The topological polar surface area (TPSA) is 0 Å². The lowest BCUT2D eigenvalue weighted by Crippen LogP contribution is -2.16. The monoisotopic (exact) mass is 196 g/mol. The van der Waals surface area contributed by atoms with Crippen LogP contribution < -0.4 is 0 Å². The molecule has 0 nitrogen and oxygen atoms in total. The second-order valence-electron chi connectivity index (χ2n) is 3.31. The smallest absolute Gasteiger partial charge is 0.0416 e. The van der Waals surface area contributed by atoms with Crippen LogP contribution in [-0.2, 0) is 0 Å². The minimum absolute atomic E-state index is 0.0394. The highest BCUT2D eigenvalue weighted by molar-refractivity contribution is 6.23. The van der Waals surface area contributed by atoms with Crippen LogP contribution in [0.15, 0.2) is 0 Å². The molecule has 0 saturated carbocycles. The first-order valence-corrected chi connectivity index (χ1v) is 5.16. The summed E-state index contributed by atoms with van der Waals surface area (Å²) in [6.45, 7) is 6.30.